The molecule has 132 valence electrons. The molecule has 1 aliphatic rings. The average molecular weight is 383 g/mol. The van der Waals surface area contributed by atoms with Gasteiger partial charge in [-0.2, -0.15) is 0 Å². The van der Waals surface area contributed by atoms with Crippen molar-refractivity contribution in [2.45, 2.75) is 37.8 Å². The summed E-state index contributed by atoms with van der Waals surface area (Å²) < 4.78 is 19.6. The van der Waals surface area contributed by atoms with E-state index >= 15 is 0 Å². The molecule has 25 heavy (non-hydrogen) atoms. The summed E-state index contributed by atoms with van der Waals surface area (Å²) in [5.41, 5.74) is -0.104. The summed E-state index contributed by atoms with van der Waals surface area (Å²) in [5.74, 6) is -0.558. The van der Waals surface area contributed by atoms with Gasteiger partial charge in [0.15, 0.2) is 0 Å². The van der Waals surface area contributed by atoms with Gasteiger partial charge in [-0.05, 0) is 43.9 Å². The van der Waals surface area contributed by atoms with E-state index in [0.29, 0.717) is 10.9 Å². The minimum atomic E-state index is -0.615. The van der Waals surface area contributed by atoms with Gasteiger partial charge in [0, 0.05) is 18.3 Å². The normalized spacial score (nSPS) is 20.1. The van der Waals surface area contributed by atoms with E-state index in [0.717, 1.165) is 25.7 Å². The van der Waals surface area contributed by atoms with Crippen molar-refractivity contribution >= 4 is 29.1 Å². The molecule has 0 radical (unpaired) electrons. The minimum absolute atomic E-state index is 0.0267. The lowest BCUT2D eigenvalue weighted by Crippen LogP contribution is -2.40. The molecule has 4 nitrogen and oxygen atoms in total. The van der Waals surface area contributed by atoms with E-state index in [-0.39, 0.29) is 22.7 Å². The average Bonchev–Trinajstić information content (AvgIpc) is 2.58. The van der Waals surface area contributed by atoms with Gasteiger partial charge in [0.25, 0.3) is 5.91 Å². The minimum Gasteiger partial charge on any atom is -0.474 e. The van der Waals surface area contributed by atoms with E-state index in [9.17, 15) is 9.18 Å². The summed E-state index contributed by atoms with van der Waals surface area (Å²) in [5, 5.41) is 3.53. The number of rotatable bonds is 4. The Balaban J connectivity index is 1.52. The van der Waals surface area contributed by atoms with Gasteiger partial charge in [-0.15, -0.1) is 0 Å². The first-order valence-corrected chi connectivity index (χ1v) is 8.81. The van der Waals surface area contributed by atoms with Gasteiger partial charge < -0.3 is 10.1 Å². The Morgan fingerprint density at radius 1 is 1.16 bits per heavy atom. The zero-order valence-corrected chi connectivity index (χ0v) is 14.9. The van der Waals surface area contributed by atoms with Gasteiger partial charge in [-0.3, -0.25) is 4.79 Å². The molecule has 0 unspecified atom stereocenters. The quantitative estimate of drug-likeness (QED) is 0.837. The fraction of sp³-hybridized carbons (Fsp3) is 0.333. The predicted molar refractivity (Wildman–Crippen MR) is 94.8 cm³/mol. The number of carbonyl (C=O) groups is 1. The van der Waals surface area contributed by atoms with Crippen molar-refractivity contribution in [3.63, 3.8) is 0 Å². The Morgan fingerprint density at radius 2 is 1.92 bits per heavy atom. The highest BCUT2D eigenvalue weighted by atomic mass is 35.5. The molecule has 1 N–H and O–H groups in total. The zero-order chi connectivity index (χ0) is 17.8. The van der Waals surface area contributed by atoms with E-state index < -0.39 is 11.7 Å². The molecule has 1 fully saturated rings. The third-order valence-corrected chi connectivity index (χ3v) is 4.73. The molecule has 0 atom stereocenters. The third-order valence-electron chi connectivity index (χ3n) is 4.19. The Morgan fingerprint density at radius 3 is 2.56 bits per heavy atom. The number of halogens is 3. The smallest absolute Gasteiger partial charge is 0.255 e. The second kappa shape index (κ2) is 8.02. The van der Waals surface area contributed by atoms with Crippen LogP contribution in [0.15, 0.2) is 36.5 Å². The second-order valence-electron chi connectivity index (χ2n) is 5.98. The number of nitrogens with one attached hydrogen (secondary N) is 1. The van der Waals surface area contributed by atoms with Crippen LogP contribution >= 0.6 is 23.2 Å². The number of pyridine rings is 1. The van der Waals surface area contributed by atoms with Gasteiger partial charge in [0.05, 0.1) is 15.6 Å². The maximum Gasteiger partial charge on any atom is 0.255 e. The summed E-state index contributed by atoms with van der Waals surface area (Å²) in [4.78, 5) is 16.4. The van der Waals surface area contributed by atoms with Crippen molar-refractivity contribution in [2.75, 3.05) is 0 Å². The van der Waals surface area contributed by atoms with E-state index in [1.165, 1.54) is 18.2 Å². The molecule has 7 heteroatoms. The van der Waals surface area contributed by atoms with Crippen LogP contribution in [0.3, 0.4) is 0 Å². The van der Waals surface area contributed by atoms with E-state index in [4.69, 9.17) is 27.9 Å². The highest BCUT2D eigenvalue weighted by Crippen LogP contribution is 2.25. The molecule has 0 bridgehead atoms. The van der Waals surface area contributed by atoms with Crippen molar-refractivity contribution in [1.82, 2.24) is 10.3 Å². The van der Waals surface area contributed by atoms with Crippen LogP contribution in [0.1, 0.15) is 36.0 Å². The van der Waals surface area contributed by atoms with Crippen LogP contribution in [-0.2, 0) is 0 Å². The number of ether oxygens (including phenoxy) is 1. The monoisotopic (exact) mass is 382 g/mol. The molecule has 1 aromatic carbocycles. The number of benzene rings is 1. The summed E-state index contributed by atoms with van der Waals surface area (Å²) in [6, 6.07) is 7.64. The molecular formula is C18H17Cl2FN2O2. The first kappa shape index (κ1) is 18.0. The van der Waals surface area contributed by atoms with E-state index in [1.807, 2.05) is 0 Å². The maximum absolute atomic E-state index is 13.8. The molecule has 1 aromatic heterocycles. The lowest BCUT2D eigenvalue weighted by atomic mass is 9.92. The summed E-state index contributed by atoms with van der Waals surface area (Å²) in [7, 11) is 0. The highest BCUT2D eigenvalue weighted by molar-refractivity contribution is 6.33. The molecule has 1 heterocycles. The Kier molecular flexibility index (Phi) is 5.76. The van der Waals surface area contributed by atoms with Gasteiger partial charge in [0.2, 0.25) is 5.88 Å². The number of hydrogen-bond donors (Lipinski definition) is 1. The van der Waals surface area contributed by atoms with Crippen molar-refractivity contribution in [3.05, 3.63) is 58.0 Å². The molecule has 1 amide bonds. The van der Waals surface area contributed by atoms with Crippen LogP contribution in [0.4, 0.5) is 4.39 Å². The number of amides is 1. The van der Waals surface area contributed by atoms with Crippen LogP contribution < -0.4 is 10.1 Å². The van der Waals surface area contributed by atoms with Crippen LogP contribution in [0.2, 0.25) is 10.0 Å². The zero-order valence-electron chi connectivity index (χ0n) is 13.3. The molecule has 0 aliphatic heterocycles. The van der Waals surface area contributed by atoms with Crippen molar-refractivity contribution in [2.24, 2.45) is 0 Å². The molecule has 2 aromatic rings. The lowest BCUT2D eigenvalue weighted by Gasteiger charge is -2.29. The number of nitrogens with zero attached hydrogens (tertiary/aromatic N) is 1. The number of carbonyl (C=O) groups excluding carboxylic acids is 1. The third kappa shape index (κ3) is 4.61. The van der Waals surface area contributed by atoms with Crippen LogP contribution in [0.25, 0.3) is 0 Å². The van der Waals surface area contributed by atoms with Crippen molar-refractivity contribution < 1.29 is 13.9 Å². The Hall–Kier alpha value is -1.85. The largest absolute Gasteiger partial charge is 0.474 e. The predicted octanol–water partition coefficient (Wildman–Crippen LogP) is 4.65. The van der Waals surface area contributed by atoms with E-state index in [2.05, 4.69) is 10.3 Å². The number of hydrogen-bond acceptors (Lipinski definition) is 3. The number of aromatic nitrogens is 1. The highest BCUT2D eigenvalue weighted by Gasteiger charge is 2.25. The molecule has 1 aliphatic carbocycles. The SMILES string of the molecule is O=C(NC1CCC(Oc2ccc(Cl)cn2)CC1)c1c(F)cccc1Cl. The Labute approximate surface area is 155 Å². The second-order valence-corrected chi connectivity index (χ2v) is 6.82. The van der Waals surface area contributed by atoms with Crippen LogP contribution in [-0.4, -0.2) is 23.0 Å². The lowest BCUT2D eigenvalue weighted by molar-refractivity contribution is 0.0886. The van der Waals surface area contributed by atoms with Gasteiger partial charge in [-0.1, -0.05) is 29.3 Å². The van der Waals surface area contributed by atoms with Gasteiger partial charge in [0.1, 0.15) is 11.9 Å². The van der Waals surface area contributed by atoms with E-state index in [1.54, 1.807) is 18.3 Å². The molecule has 3 rings (SSSR count). The summed E-state index contributed by atoms with van der Waals surface area (Å²) in [6.07, 6.45) is 4.63. The van der Waals surface area contributed by atoms with Gasteiger partial charge in [-0.25, -0.2) is 9.37 Å². The topological polar surface area (TPSA) is 51.2 Å². The van der Waals surface area contributed by atoms with Crippen molar-refractivity contribution in [1.29, 1.82) is 0 Å². The maximum atomic E-state index is 13.8. The molecule has 0 saturated heterocycles. The molecule has 1 saturated carbocycles. The summed E-state index contributed by atoms with van der Waals surface area (Å²) in [6.45, 7) is 0. The fourth-order valence-corrected chi connectivity index (χ4v) is 3.26. The first-order valence-electron chi connectivity index (χ1n) is 8.06. The fourth-order valence-electron chi connectivity index (χ4n) is 2.90. The van der Waals surface area contributed by atoms with Gasteiger partial charge >= 0.3 is 0 Å². The Bertz CT molecular complexity index is 727. The molecular weight excluding hydrogens is 366 g/mol. The van der Waals surface area contributed by atoms with Crippen LogP contribution in [0, 0.1) is 5.82 Å². The summed E-state index contributed by atoms with van der Waals surface area (Å²) >= 11 is 11.7. The van der Waals surface area contributed by atoms with Crippen LogP contribution in [0.5, 0.6) is 5.88 Å². The molecule has 0 spiro atoms. The van der Waals surface area contributed by atoms with Crippen molar-refractivity contribution in [3.8, 4) is 5.88 Å². The first-order chi connectivity index (χ1) is 12.0. The standard InChI is InChI=1S/C18H17Cl2FN2O2/c19-11-4-9-16(22-10-11)25-13-7-5-12(6-8-13)23-18(24)17-14(20)2-1-3-15(17)21/h1-4,9-10,12-13H,5-8H2,(H,23,24).